The molecule has 198 valence electrons. The highest BCUT2D eigenvalue weighted by Gasteiger charge is 2.68. The predicted molar refractivity (Wildman–Crippen MR) is 151 cm³/mol. The fourth-order valence-corrected chi connectivity index (χ4v) is 7.08. The first kappa shape index (κ1) is 24.5. The minimum Gasteiger partial charge on any atom is -0.456 e. The monoisotopic (exact) mass is 549 g/mol. The summed E-state index contributed by atoms with van der Waals surface area (Å²) < 4.78 is 5.44. The van der Waals surface area contributed by atoms with E-state index in [2.05, 4.69) is 10.5 Å². The SMILES string of the molecule is Cc1ccc(C(=O)N/N=C\C23c4ccccc4C(c4ccccc42)[C@H]2C(=O)N(c4cc(Cl)ccc4C)C(=O)[C@@H]23)o1. The van der Waals surface area contributed by atoms with Crippen molar-refractivity contribution in [2.45, 2.75) is 25.2 Å². The maximum absolute atomic E-state index is 14.4. The number of nitrogens with zero attached hydrogens (tertiary/aromatic N) is 2. The van der Waals surface area contributed by atoms with Gasteiger partial charge in [-0.05, 0) is 65.9 Å². The van der Waals surface area contributed by atoms with Crippen molar-refractivity contribution >= 4 is 41.2 Å². The van der Waals surface area contributed by atoms with Crippen molar-refractivity contribution in [2.24, 2.45) is 16.9 Å². The molecule has 4 aromatic rings. The largest absolute Gasteiger partial charge is 0.456 e. The highest BCUT2D eigenvalue weighted by Crippen LogP contribution is 2.63. The van der Waals surface area contributed by atoms with Crippen LogP contribution in [0.15, 0.2) is 88.4 Å². The fourth-order valence-electron chi connectivity index (χ4n) is 6.92. The lowest BCUT2D eigenvalue weighted by Crippen LogP contribution is -2.54. The summed E-state index contributed by atoms with van der Waals surface area (Å²) in [5.74, 6) is -2.05. The van der Waals surface area contributed by atoms with Gasteiger partial charge in [0.1, 0.15) is 5.76 Å². The Morgan fingerprint density at radius 1 is 0.950 bits per heavy atom. The smallest absolute Gasteiger partial charge is 0.307 e. The topological polar surface area (TPSA) is 92.0 Å². The molecule has 3 aromatic carbocycles. The van der Waals surface area contributed by atoms with E-state index in [4.69, 9.17) is 16.0 Å². The van der Waals surface area contributed by atoms with Crippen molar-refractivity contribution in [3.63, 3.8) is 0 Å². The number of rotatable bonds is 4. The Bertz CT molecular complexity index is 1730. The summed E-state index contributed by atoms with van der Waals surface area (Å²) in [6.07, 6.45) is 1.63. The third-order valence-electron chi connectivity index (χ3n) is 8.49. The quantitative estimate of drug-likeness (QED) is 0.206. The molecule has 3 aliphatic carbocycles. The van der Waals surface area contributed by atoms with Gasteiger partial charge in [0.2, 0.25) is 11.8 Å². The van der Waals surface area contributed by atoms with Crippen molar-refractivity contribution in [1.29, 1.82) is 0 Å². The highest BCUT2D eigenvalue weighted by atomic mass is 35.5. The number of carbonyl (C=O) groups excluding carboxylic acids is 3. The zero-order valence-corrected chi connectivity index (χ0v) is 22.5. The Morgan fingerprint density at radius 3 is 2.27 bits per heavy atom. The lowest BCUT2D eigenvalue weighted by Gasteiger charge is -2.52. The van der Waals surface area contributed by atoms with Crippen LogP contribution in [0.4, 0.5) is 5.69 Å². The average molecular weight is 550 g/mol. The van der Waals surface area contributed by atoms with E-state index in [9.17, 15) is 14.4 Å². The van der Waals surface area contributed by atoms with Crippen LogP contribution in [0.25, 0.3) is 0 Å². The normalized spacial score (nSPS) is 24.3. The van der Waals surface area contributed by atoms with Crippen molar-refractivity contribution < 1.29 is 18.8 Å². The first-order valence-corrected chi connectivity index (χ1v) is 13.4. The van der Waals surface area contributed by atoms with E-state index in [1.165, 1.54) is 4.90 Å². The highest BCUT2D eigenvalue weighted by molar-refractivity contribution is 6.31. The van der Waals surface area contributed by atoms with E-state index in [-0.39, 0.29) is 23.5 Å². The van der Waals surface area contributed by atoms with E-state index in [1.54, 1.807) is 43.5 Å². The summed E-state index contributed by atoms with van der Waals surface area (Å²) in [4.78, 5) is 42.8. The Kier molecular flexibility index (Phi) is 5.38. The van der Waals surface area contributed by atoms with Crippen molar-refractivity contribution in [3.8, 4) is 0 Å². The van der Waals surface area contributed by atoms with E-state index in [0.717, 1.165) is 27.8 Å². The molecule has 0 saturated carbocycles. The van der Waals surface area contributed by atoms with Gasteiger partial charge in [-0.25, -0.2) is 10.3 Å². The molecule has 1 aromatic heterocycles. The summed E-state index contributed by atoms with van der Waals surface area (Å²) in [5, 5.41) is 4.85. The number of carbonyl (C=O) groups is 3. The van der Waals surface area contributed by atoms with Crippen molar-refractivity contribution in [1.82, 2.24) is 5.43 Å². The van der Waals surface area contributed by atoms with Crippen LogP contribution >= 0.6 is 11.6 Å². The van der Waals surface area contributed by atoms with Gasteiger partial charge in [0.25, 0.3) is 0 Å². The zero-order valence-electron chi connectivity index (χ0n) is 21.7. The molecule has 8 rings (SSSR count). The van der Waals surface area contributed by atoms with E-state index < -0.39 is 23.2 Å². The Hall–Kier alpha value is -4.49. The molecule has 3 amide bonds. The zero-order chi connectivity index (χ0) is 27.8. The molecule has 2 bridgehead atoms. The molecular weight excluding hydrogens is 526 g/mol. The molecule has 2 heterocycles. The van der Waals surface area contributed by atoms with Crippen LogP contribution in [-0.2, 0) is 15.0 Å². The molecule has 1 aliphatic heterocycles. The van der Waals surface area contributed by atoms with Crippen LogP contribution in [-0.4, -0.2) is 23.9 Å². The van der Waals surface area contributed by atoms with Gasteiger partial charge in [0, 0.05) is 17.2 Å². The number of imide groups is 1. The van der Waals surface area contributed by atoms with Gasteiger partial charge < -0.3 is 4.42 Å². The Morgan fingerprint density at radius 2 is 1.62 bits per heavy atom. The first-order chi connectivity index (χ1) is 19.3. The predicted octanol–water partition coefficient (Wildman–Crippen LogP) is 5.52. The lowest BCUT2D eigenvalue weighted by molar-refractivity contribution is -0.122. The minimum atomic E-state index is -1.09. The second kappa shape index (κ2) is 8.76. The summed E-state index contributed by atoms with van der Waals surface area (Å²) in [6.45, 7) is 3.61. The number of hydrogen-bond acceptors (Lipinski definition) is 5. The molecule has 1 fully saturated rings. The number of hydrazone groups is 1. The number of amides is 3. The maximum Gasteiger partial charge on any atom is 0.307 e. The summed E-state index contributed by atoms with van der Waals surface area (Å²) in [5.41, 5.74) is 6.50. The first-order valence-electron chi connectivity index (χ1n) is 13.1. The number of nitrogens with one attached hydrogen (secondary N) is 1. The fraction of sp³-hybridized carbons (Fsp3) is 0.188. The molecule has 4 aliphatic rings. The minimum absolute atomic E-state index is 0.132. The molecular formula is C32H24ClN3O4. The van der Waals surface area contributed by atoms with Crippen LogP contribution < -0.4 is 10.3 Å². The van der Waals surface area contributed by atoms with Gasteiger partial charge in [0.15, 0.2) is 5.76 Å². The number of benzene rings is 3. The molecule has 40 heavy (non-hydrogen) atoms. The second-order valence-corrected chi connectivity index (χ2v) is 11.0. The second-order valence-electron chi connectivity index (χ2n) is 10.6. The van der Waals surface area contributed by atoms with E-state index in [1.807, 2.05) is 55.5 Å². The molecule has 0 radical (unpaired) electrons. The molecule has 1 N–H and O–H groups in total. The molecule has 8 heteroatoms. The van der Waals surface area contributed by atoms with Gasteiger partial charge in [-0.15, -0.1) is 0 Å². The Balaban J connectivity index is 1.42. The standard InChI is InChI=1S/C32H24ClN3O4/c1-17-11-13-19(33)15-24(17)36-30(38)27-26-20-7-3-5-9-22(20)32(28(27)31(36)39,23-10-6-4-8-21(23)26)16-34-35-29(37)25-14-12-18(2)40-25/h3-16,26-28H,1-2H3,(H,35,37)/b34-16-/t26?,27-,28-,32?/m1/s1. The molecule has 7 nitrogen and oxygen atoms in total. The molecule has 0 spiro atoms. The third-order valence-corrected chi connectivity index (χ3v) is 8.73. The maximum atomic E-state index is 14.4. The van der Waals surface area contributed by atoms with Crippen molar-refractivity contribution in [3.05, 3.63) is 123 Å². The van der Waals surface area contributed by atoms with E-state index >= 15 is 0 Å². The van der Waals surface area contributed by atoms with Crippen LogP contribution in [0.5, 0.6) is 0 Å². The number of anilines is 1. The molecule has 1 saturated heterocycles. The number of furan rings is 1. The summed E-state index contributed by atoms with van der Waals surface area (Å²) in [7, 11) is 0. The Labute approximate surface area is 235 Å². The van der Waals surface area contributed by atoms with Gasteiger partial charge in [-0.3, -0.25) is 14.4 Å². The summed E-state index contributed by atoms with van der Waals surface area (Å²) >= 11 is 6.32. The number of hydrogen-bond donors (Lipinski definition) is 1. The van der Waals surface area contributed by atoms with Crippen LogP contribution in [0.1, 0.15) is 50.1 Å². The van der Waals surface area contributed by atoms with Gasteiger partial charge >= 0.3 is 5.91 Å². The number of aryl methyl sites for hydroxylation is 2. The van der Waals surface area contributed by atoms with Gasteiger partial charge in [0.05, 0.1) is 22.9 Å². The van der Waals surface area contributed by atoms with Crippen LogP contribution in [0.3, 0.4) is 0 Å². The van der Waals surface area contributed by atoms with Gasteiger partial charge in [-0.1, -0.05) is 66.2 Å². The lowest BCUT2D eigenvalue weighted by atomic mass is 9.47. The van der Waals surface area contributed by atoms with Crippen LogP contribution in [0.2, 0.25) is 5.02 Å². The average Bonchev–Trinajstić information content (AvgIpc) is 3.51. The van der Waals surface area contributed by atoms with E-state index in [0.29, 0.717) is 16.5 Å². The molecule has 2 atom stereocenters. The molecule has 0 unspecified atom stereocenters. The number of halogens is 1. The summed E-state index contributed by atoms with van der Waals surface area (Å²) in [6, 6.07) is 24.3. The van der Waals surface area contributed by atoms with Crippen molar-refractivity contribution in [2.75, 3.05) is 4.90 Å². The van der Waals surface area contributed by atoms with Crippen LogP contribution in [0, 0.1) is 25.7 Å². The van der Waals surface area contributed by atoms with Gasteiger partial charge in [-0.2, -0.15) is 5.10 Å². The third kappa shape index (κ3) is 3.24.